The first-order valence-electron chi connectivity index (χ1n) is 12.1. The fourth-order valence-corrected chi connectivity index (χ4v) is 4.79. The number of halogens is 1. The van der Waals surface area contributed by atoms with Crippen molar-refractivity contribution in [1.29, 1.82) is 0 Å². The summed E-state index contributed by atoms with van der Waals surface area (Å²) in [4.78, 5) is 28.4. The van der Waals surface area contributed by atoms with E-state index in [-0.39, 0.29) is 17.7 Å². The molecule has 0 unspecified atom stereocenters. The van der Waals surface area contributed by atoms with Gasteiger partial charge in [0, 0.05) is 29.4 Å². The molecule has 4 rings (SSSR count). The Hall–Kier alpha value is -3.31. The van der Waals surface area contributed by atoms with Crippen molar-refractivity contribution in [2.24, 2.45) is 5.92 Å². The number of anilines is 1. The molecule has 0 saturated carbocycles. The number of nitrogens with two attached hydrogens (primary N) is 1. The third-order valence-corrected chi connectivity index (χ3v) is 6.96. The molecular weight excluding hydrogens is 458 g/mol. The van der Waals surface area contributed by atoms with Crippen molar-refractivity contribution in [1.82, 2.24) is 10.2 Å². The molecule has 1 heterocycles. The molecule has 1 aliphatic rings. The number of nitrogen functional groups attached to an aromatic ring is 1. The van der Waals surface area contributed by atoms with E-state index in [2.05, 4.69) is 17.4 Å². The number of hydrogen-bond acceptors (Lipinski definition) is 3. The summed E-state index contributed by atoms with van der Waals surface area (Å²) >= 11 is 6.02. The van der Waals surface area contributed by atoms with Crippen molar-refractivity contribution in [2.45, 2.75) is 38.6 Å². The highest BCUT2D eigenvalue weighted by atomic mass is 35.5. The van der Waals surface area contributed by atoms with Crippen LogP contribution in [0.15, 0.2) is 72.8 Å². The third kappa shape index (κ3) is 6.04. The van der Waals surface area contributed by atoms with Crippen molar-refractivity contribution in [3.8, 4) is 11.1 Å². The average Bonchev–Trinajstić information content (AvgIpc) is 2.87. The lowest BCUT2D eigenvalue weighted by atomic mass is 9.89. The lowest BCUT2D eigenvalue weighted by molar-refractivity contribution is -0.135. The number of benzene rings is 3. The van der Waals surface area contributed by atoms with Crippen LogP contribution in [-0.4, -0.2) is 35.8 Å². The van der Waals surface area contributed by atoms with E-state index in [0.717, 1.165) is 29.0 Å². The zero-order valence-corrected chi connectivity index (χ0v) is 21.0. The first-order valence-corrected chi connectivity index (χ1v) is 12.5. The minimum atomic E-state index is -0.578. The van der Waals surface area contributed by atoms with Gasteiger partial charge in [0.25, 0.3) is 5.91 Å². The van der Waals surface area contributed by atoms with E-state index in [9.17, 15) is 9.59 Å². The molecule has 3 N–H and O–H groups in total. The second-order valence-corrected chi connectivity index (χ2v) is 9.99. The van der Waals surface area contributed by atoms with Gasteiger partial charge in [0.15, 0.2) is 0 Å². The molecule has 182 valence electrons. The van der Waals surface area contributed by atoms with Crippen molar-refractivity contribution >= 4 is 29.1 Å². The van der Waals surface area contributed by atoms with Gasteiger partial charge in [-0.1, -0.05) is 61.8 Å². The van der Waals surface area contributed by atoms with Crippen LogP contribution in [0.4, 0.5) is 5.69 Å². The van der Waals surface area contributed by atoms with Gasteiger partial charge >= 0.3 is 0 Å². The molecule has 3 aromatic carbocycles. The van der Waals surface area contributed by atoms with Crippen LogP contribution in [-0.2, 0) is 4.79 Å². The number of piperidine rings is 1. The van der Waals surface area contributed by atoms with Crippen molar-refractivity contribution in [2.75, 3.05) is 18.8 Å². The molecule has 2 amide bonds. The van der Waals surface area contributed by atoms with Crippen LogP contribution in [0, 0.1) is 5.92 Å². The van der Waals surface area contributed by atoms with Gasteiger partial charge in [0.2, 0.25) is 5.91 Å². The highest BCUT2D eigenvalue weighted by Crippen LogP contribution is 2.29. The Bertz CT molecular complexity index is 1180. The number of amides is 2. The van der Waals surface area contributed by atoms with Crippen LogP contribution in [0.3, 0.4) is 0 Å². The van der Waals surface area contributed by atoms with Crippen LogP contribution < -0.4 is 11.1 Å². The Balaban J connectivity index is 1.42. The molecule has 0 aliphatic carbocycles. The minimum absolute atomic E-state index is 0.0186. The number of rotatable bonds is 6. The maximum absolute atomic E-state index is 13.4. The smallest absolute Gasteiger partial charge is 0.251 e. The fourth-order valence-electron chi connectivity index (χ4n) is 4.66. The Morgan fingerprint density at radius 2 is 1.57 bits per heavy atom. The fraction of sp³-hybridized carbons (Fsp3) is 0.310. The highest BCUT2D eigenvalue weighted by Gasteiger charge is 2.31. The predicted octanol–water partition coefficient (Wildman–Crippen LogP) is 5.75. The molecule has 0 radical (unpaired) electrons. The van der Waals surface area contributed by atoms with Gasteiger partial charge in [-0.25, -0.2) is 0 Å². The van der Waals surface area contributed by atoms with Gasteiger partial charge < -0.3 is 16.0 Å². The summed E-state index contributed by atoms with van der Waals surface area (Å²) in [6.45, 7) is 5.28. The molecular formula is C29H32ClN3O2. The summed E-state index contributed by atoms with van der Waals surface area (Å²) in [5.74, 6) is 0.115. The van der Waals surface area contributed by atoms with Crippen LogP contribution in [0.5, 0.6) is 0 Å². The number of nitrogens with one attached hydrogen (secondary N) is 1. The molecule has 35 heavy (non-hydrogen) atoms. The molecule has 0 spiro atoms. The van der Waals surface area contributed by atoms with Gasteiger partial charge in [-0.05, 0) is 77.8 Å². The normalized spacial score (nSPS) is 15.1. The van der Waals surface area contributed by atoms with E-state index in [1.54, 1.807) is 6.07 Å². The molecule has 0 bridgehead atoms. The van der Waals surface area contributed by atoms with Gasteiger partial charge in [-0.15, -0.1) is 0 Å². The molecule has 3 aromatic rings. The summed E-state index contributed by atoms with van der Waals surface area (Å²) in [6, 6.07) is 22.4. The number of carbonyl (C=O) groups excluding carboxylic acids is 2. The molecule has 6 heteroatoms. The van der Waals surface area contributed by atoms with E-state index in [1.807, 2.05) is 73.3 Å². The number of hydrogen-bond donors (Lipinski definition) is 2. The molecule has 1 fully saturated rings. The van der Waals surface area contributed by atoms with E-state index in [0.29, 0.717) is 30.3 Å². The quantitative estimate of drug-likeness (QED) is 0.433. The van der Waals surface area contributed by atoms with Crippen LogP contribution in [0.2, 0.25) is 5.02 Å². The van der Waals surface area contributed by atoms with Gasteiger partial charge in [-0.3, -0.25) is 9.59 Å². The second-order valence-electron chi connectivity index (χ2n) is 9.55. The maximum atomic E-state index is 13.4. The first kappa shape index (κ1) is 24.8. The first-order chi connectivity index (χ1) is 16.8. The highest BCUT2D eigenvalue weighted by molar-refractivity contribution is 6.30. The summed E-state index contributed by atoms with van der Waals surface area (Å²) < 4.78 is 0. The number of likely N-dealkylation sites (tertiary alicyclic amines) is 1. The second kappa shape index (κ2) is 11.0. The van der Waals surface area contributed by atoms with Gasteiger partial charge in [-0.2, -0.15) is 0 Å². The van der Waals surface area contributed by atoms with Crippen molar-refractivity contribution in [3.63, 3.8) is 0 Å². The lowest BCUT2D eigenvalue weighted by Crippen LogP contribution is -2.52. The van der Waals surface area contributed by atoms with Crippen molar-refractivity contribution < 1.29 is 9.59 Å². The zero-order chi connectivity index (χ0) is 24.9. The Kier molecular flexibility index (Phi) is 7.76. The Morgan fingerprint density at radius 3 is 2.20 bits per heavy atom. The van der Waals surface area contributed by atoms with E-state index < -0.39 is 6.04 Å². The van der Waals surface area contributed by atoms with Crippen LogP contribution in [0.25, 0.3) is 11.1 Å². The molecule has 5 nitrogen and oxygen atoms in total. The van der Waals surface area contributed by atoms with Crippen LogP contribution >= 0.6 is 11.6 Å². The molecule has 1 aliphatic heterocycles. The van der Waals surface area contributed by atoms with E-state index >= 15 is 0 Å². The standard InChI is InChI=1S/C29H32ClN3O2/c1-19(2)27(29(35)33-15-13-21(14-16-33)20-9-11-25(30)12-10-20)32-28(34)24-7-3-5-22(17-24)23-6-4-8-26(31)18-23/h3-12,17-19,21,27H,13-16,31H2,1-2H3,(H,32,34)/t27-/m1/s1. The largest absolute Gasteiger partial charge is 0.399 e. The van der Waals surface area contributed by atoms with Crippen LogP contribution in [0.1, 0.15) is 48.5 Å². The number of nitrogens with zero attached hydrogens (tertiary/aromatic N) is 1. The van der Waals surface area contributed by atoms with Crippen molar-refractivity contribution in [3.05, 3.63) is 88.9 Å². The predicted molar refractivity (Wildman–Crippen MR) is 142 cm³/mol. The molecule has 0 aromatic heterocycles. The molecule has 1 saturated heterocycles. The Morgan fingerprint density at radius 1 is 0.943 bits per heavy atom. The van der Waals surface area contributed by atoms with E-state index in [4.69, 9.17) is 17.3 Å². The number of carbonyl (C=O) groups is 2. The summed E-state index contributed by atoms with van der Waals surface area (Å²) in [5.41, 5.74) is 10.2. The van der Waals surface area contributed by atoms with E-state index in [1.165, 1.54) is 5.56 Å². The maximum Gasteiger partial charge on any atom is 0.251 e. The zero-order valence-electron chi connectivity index (χ0n) is 20.2. The topological polar surface area (TPSA) is 75.4 Å². The van der Waals surface area contributed by atoms with Gasteiger partial charge in [0.05, 0.1) is 0 Å². The minimum Gasteiger partial charge on any atom is -0.399 e. The lowest BCUT2D eigenvalue weighted by Gasteiger charge is -2.35. The third-order valence-electron chi connectivity index (χ3n) is 6.71. The monoisotopic (exact) mass is 489 g/mol. The summed E-state index contributed by atoms with van der Waals surface area (Å²) in [7, 11) is 0. The SMILES string of the molecule is CC(C)[C@@H](NC(=O)c1cccc(-c2cccc(N)c2)c1)C(=O)N1CCC(c2ccc(Cl)cc2)CC1. The summed E-state index contributed by atoms with van der Waals surface area (Å²) in [6.07, 6.45) is 1.79. The average molecular weight is 490 g/mol. The molecule has 1 atom stereocenters. The van der Waals surface area contributed by atoms with Gasteiger partial charge in [0.1, 0.15) is 6.04 Å². The Labute approximate surface area is 212 Å². The summed E-state index contributed by atoms with van der Waals surface area (Å²) in [5, 5.41) is 3.73.